The SMILES string of the molecule is O=C(O)C(=Cc1sc2cc3c(cc2c1Oc1ccc(Cl)cc1)OCO3)c1ccncc1. The topological polar surface area (TPSA) is 77.9 Å². The number of rotatable bonds is 5. The zero-order valence-electron chi connectivity index (χ0n) is 15.9. The summed E-state index contributed by atoms with van der Waals surface area (Å²) in [6.45, 7) is 0.165. The summed E-state index contributed by atoms with van der Waals surface area (Å²) in [5, 5.41) is 11.2. The second kappa shape index (κ2) is 7.94. The van der Waals surface area contributed by atoms with Gasteiger partial charge in [-0.15, -0.1) is 11.3 Å². The Morgan fingerprint density at radius 3 is 2.52 bits per heavy atom. The number of thiophene rings is 1. The van der Waals surface area contributed by atoms with E-state index in [-0.39, 0.29) is 12.4 Å². The highest BCUT2D eigenvalue weighted by atomic mass is 35.5. The molecule has 0 atom stereocenters. The van der Waals surface area contributed by atoms with Crippen molar-refractivity contribution in [1.29, 1.82) is 0 Å². The number of hydrogen-bond acceptors (Lipinski definition) is 6. The summed E-state index contributed by atoms with van der Waals surface area (Å²) in [6, 6.07) is 14.0. The van der Waals surface area contributed by atoms with Gasteiger partial charge < -0.3 is 19.3 Å². The van der Waals surface area contributed by atoms with Gasteiger partial charge in [0.05, 0.1) is 10.5 Å². The van der Waals surface area contributed by atoms with Crippen LogP contribution in [0.2, 0.25) is 5.02 Å². The lowest BCUT2D eigenvalue weighted by Crippen LogP contribution is -1.99. The van der Waals surface area contributed by atoms with Gasteiger partial charge in [-0.1, -0.05) is 11.6 Å². The molecule has 0 unspecified atom stereocenters. The molecule has 0 saturated heterocycles. The van der Waals surface area contributed by atoms with Crippen molar-refractivity contribution >= 4 is 50.6 Å². The van der Waals surface area contributed by atoms with Gasteiger partial charge in [-0.3, -0.25) is 4.98 Å². The van der Waals surface area contributed by atoms with Gasteiger partial charge in [-0.2, -0.15) is 0 Å². The number of nitrogens with zero attached hydrogens (tertiary/aromatic N) is 1. The second-order valence-corrected chi connectivity index (χ2v) is 8.17. The first-order valence-corrected chi connectivity index (χ1v) is 10.4. The molecule has 4 aromatic rings. The molecule has 0 bridgehead atoms. The monoisotopic (exact) mass is 451 g/mol. The molecule has 0 aliphatic carbocycles. The van der Waals surface area contributed by atoms with Gasteiger partial charge in [0.2, 0.25) is 6.79 Å². The van der Waals surface area contributed by atoms with E-state index in [1.54, 1.807) is 54.9 Å². The van der Waals surface area contributed by atoms with E-state index in [4.69, 9.17) is 25.8 Å². The molecule has 1 N–H and O–H groups in total. The zero-order valence-corrected chi connectivity index (χ0v) is 17.4. The molecule has 3 heterocycles. The van der Waals surface area contributed by atoms with Crippen molar-refractivity contribution in [3.8, 4) is 23.0 Å². The fourth-order valence-corrected chi connectivity index (χ4v) is 4.45. The Hall–Kier alpha value is -3.55. The molecule has 2 aromatic carbocycles. The third-order valence-electron chi connectivity index (χ3n) is 4.69. The fraction of sp³-hybridized carbons (Fsp3) is 0.0435. The Balaban J connectivity index is 1.69. The van der Waals surface area contributed by atoms with Crippen LogP contribution >= 0.6 is 22.9 Å². The number of pyridine rings is 1. The van der Waals surface area contributed by atoms with E-state index in [2.05, 4.69) is 4.98 Å². The Kier molecular flexibility index (Phi) is 4.97. The van der Waals surface area contributed by atoms with Crippen molar-refractivity contribution in [2.24, 2.45) is 0 Å². The van der Waals surface area contributed by atoms with Crippen molar-refractivity contribution < 1.29 is 24.1 Å². The van der Waals surface area contributed by atoms with Gasteiger partial charge in [0.15, 0.2) is 17.2 Å². The largest absolute Gasteiger partial charge is 0.478 e. The first kappa shape index (κ1) is 19.4. The minimum atomic E-state index is -1.05. The molecule has 0 fully saturated rings. The molecule has 1 aliphatic heterocycles. The smallest absolute Gasteiger partial charge is 0.336 e. The molecule has 0 spiro atoms. The van der Waals surface area contributed by atoms with Crippen LogP contribution in [0.15, 0.2) is 60.9 Å². The fourth-order valence-electron chi connectivity index (χ4n) is 3.23. The Bertz CT molecular complexity index is 1320. The van der Waals surface area contributed by atoms with Gasteiger partial charge in [-0.05, 0) is 54.1 Å². The average molecular weight is 452 g/mol. The predicted molar refractivity (Wildman–Crippen MR) is 119 cm³/mol. The van der Waals surface area contributed by atoms with Crippen LogP contribution in [-0.4, -0.2) is 22.9 Å². The van der Waals surface area contributed by atoms with Gasteiger partial charge in [0.1, 0.15) is 5.75 Å². The minimum absolute atomic E-state index is 0.134. The molecule has 6 nitrogen and oxygen atoms in total. The molecule has 1 aliphatic rings. The second-order valence-electron chi connectivity index (χ2n) is 6.65. The summed E-state index contributed by atoms with van der Waals surface area (Å²) in [7, 11) is 0. The lowest BCUT2D eigenvalue weighted by atomic mass is 10.1. The molecule has 5 rings (SSSR count). The van der Waals surface area contributed by atoms with Gasteiger partial charge in [0, 0.05) is 33.6 Å². The van der Waals surface area contributed by atoms with Crippen molar-refractivity contribution in [3.63, 3.8) is 0 Å². The summed E-state index contributed by atoms with van der Waals surface area (Å²) in [5.41, 5.74) is 0.682. The Morgan fingerprint density at radius 2 is 1.81 bits per heavy atom. The molecule has 0 saturated carbocycles. The molecule has 154 valence electrons. The van der Waals surface area contributed by atoms with E-state index in [0.717, 1.165) is 10.1 Å². The van der Waals surface area contributed by atoms with Crippen LogP contribution in [-0.2, 0) is 4.79 Å². The minimum Gasteiger partial charge on any atom is -0.478 e. The van der Waals surface area contributed by atoms with Gasteiger partial charge in [0.25, 0.3) is 0 Å². The van der Waals surface area contributed by atoms with E-state index in [0.29, 0.717) is 38.5 Å². The van der Waals surface area contributed by atoms with E-state index >= 15 is 0 Å². The summed E-state index contributed by atoms with van der Waals surface area (Å²) < 4.78 is 18.1. The van der Waals surface area contributed by atoms with Gasteiger partial charge in [-0.25, -0.2) is 4.79 Å². The van der Waals surface area contributed by atoms with Crippen LogP contribution in [0.25, 0.3) is 21.7 Å². The lowest BCUT2D eigenvalue weighted by molar-refractivity contribution is -0.130. The number of fused-ring (bicyclic) bond motifs is 2. The number of hydrogen-bond donors (Lipinski definition) is 1. The number of ether oxygens (including phenoxy) is 3. The van der Waals surface area contributed by atoms with Crippen molar-refractivity contribution in [2.75, 3.05) is 6.79 Å². The zero-order chi connectivity index (χ0) is 21.4. The van der Waals surface area contributed by atoms with Crippen LogP contribution in [0.5, 0.6) is 23.0 Å². The number of carbonyl (C=O) groups is 1. The first-order chi connectivity index (χ1) is 15.1. The molecule has 0 amide bonds. The number of benzene rings is 2. The standard InChI is InChI=1S/C23H14ClNO5S/c24-14-1-3-15(4-2-14)30-22-17-9-18-19(29-12-28-18)11-20(17)31-21(22)10-16(23(26)27)13-5-7-25-8-6-13/h1-11H,12H2,(H,26,27). The molecule has 2 aromatic heterocycles. The third kappa shape index (κ3) is 3.81. The molecule has 8 heteroatoms. The van der Waals surface area contributed by atoms with E-state index in [9.17, 15) is 9.90 Å². The highest BCUT2D eigenvalue weighted by Crippen LogP contribution is 2.47. The molecular formula is C23H14ClNO5S. The maximum atomic E-state index is 12.0. The first-order valence-electron chi connectivity index (χ1n) is 9.23. The maximum absolute atomic E-state index is 12.0. The summed E-state index contributed by atoms with van der Waals surface area (Å²) in [4.78, 5) is 16.6. The Labute approximate surface area is 185 Å². The van der Waals surface area contributed by atoms with Crippen molar-refractivity contribution in [2.45, 2.75) is 0 Å². The molecule has 31 heavy (non-hydrogen) atoms. The average Bonchev–Trinajstić information content (AvgIpc) is 3.36. The van der Waals surface area contributed by atoms with Crippen molar-refractivity contribution in [3.05, 3.63) is 76.4 Å². The van der Waals surface area contributed by atoms with Crippen LogP contribution in [0.3, 0.4) is 0 Å². The van der Waals surface area contributed by atoms with Crippen LogP contribution in [0, 0.1) is 0 Å². The van der Waals surface area contributed by atoms with E-state index < -0.39 is 5.97 Å². The number of aliphatic carboxylic acids is 1. The van der Waals surface area contributed by atoms with Crippen LogP contribution in [0.1, 0.15) is 10.4 Å². The van der Waals surface area contributed by atoms with Crippen LogP contribution in [0.4, 0.5) is 0 Å². The molecule has 0 radical (unpaired) electrons. The van der Waals surface area contributed by atoms with Gasteiger partial charge >= 0.3 is 5.97 Å². The van der Waals surface area contributed by atoms with Crippen LogP contribution < -0.4 is 14.2 Å². The third-order valence-corrected chi connectivity index (χ3v) is 6.03. The normalized spacial score (nSPS) is 12.9. The maximum Gasteiger partial charge on any atom is 0.336 e. The summed E-state index contributed by atoms with van der Waals surface area (Å²) in [5.74, 6) is 1.34. The number of carboxylic acids is 1. The summed E-state index contributed by atoms with van der Waals surface area (Å²) >= 11 is 7.40. The highest BCUT2D eigenvalue weighted by Gasteiger charge is 2.22. The summed E-state index contributed by atoms with van der Waals surface area (Å²) in [6.07, 6.45) is 4.73. The van der Waals surface area contributed by atoms with Crippen molar-refractivity contribution in [1.82, 2.24) is 4.98 Å². The molecular weight excluding hydrogens is 438 g/mol. The van der Waals surface area contributed by atoms with E-state index in [1.807, 2.05) is 12.1 Å². The highest BCUT2D eigenvalue weighted by molar-refractivity contribution is 7.20. The number of carboxylic acid groups (broad SMARTS) is 1. The predicted octanol–water partition coefficient (Wildman–Crippen LogP) is 6.10. The lowest BCUT2D eigenvalue weighted by Gasteiger charge is -2.08. The van der Waals surface area contributed by atoms with E-state index in [1.165, 1.54) is 11.3 Å². The quantitative estimate of drug-likeness (QED) is 0.369. The number of aromatic nitrogens is 1. The number of halogens is 1. The Morgan fingerprint density at radius 1 is 1.10 bits per heavy atom.